The SMILES string of the molecule is S=c1sc(Br)c(I)s1. The van der Waals surface area contributed by atoms with E-state index in [0.29, 0.717) is 0 Å². The summed E-state index contributed by atoms with van der Waals surface area (Å²) < 4.78 is 3.40. The van der Waals surface area contributed by atoms with Crippen LogP contribution in [0.25, 0.3) is 0 Å². The van der Waals surface area contributed by atoms with Crippen LogP contribution in [0.2, 0.25) is 0 Å². The molecule has 0 N–H and O–H groups in total. The summed E-state index contributed by atoms with van der Waals surface area (Å²) in [4.78, 5) is 0. The Morgan fingerprint density at radius 3 is 2.25 bits per heavy atom. The van der Waals surface area contributed by atoms with Crippen molar-refractivity contribution >= 4 is 73.4 Å². The molecule has 0 aliphatic heterocycles. The van der Waals surface area contributed by atoms with E-state index in [1.807, 2.05) is 0 Å². The fourth-order valence-electron chi connectivity index (χ4n) is 0.247. The van der Waals surface area contributed by atoms with Gasteiger partial charge in [0, 0.05) is 0 Å². The van der Waals surface area contributed by atoms with E-state index < -0.39 is 0 Å². The van der Waals surface area contributed by atoms with Gasteiger partial charge in [0.15, 0.2) is 0 Å². The van der Waals surface area contributed by atoms with E-state index >= 15 is 0 Å². The maximum atomic E-state index is 4.92. The summed E-state index contributed by atoms with van der Waals surface area (Å²) in [5.41, 5.74) is 0. The van der Waals surface area contributed by atoms with E-state index in [2.05, 4.69) is 38.5 Å². The third-order valence-electron chi connectivity index (χ3n) is 0.500. The lowest BCUT2D eigenvalue weighted by molar-refractivity contribution is 2.07. The molecule has 0 aliphatic rings. The van der Waals surface area contributed by atoms with Crippen molar-refractivity contribution in [2.45, 2.75) is 0 Å². The minimum atomic E-state index is 0.987. The molecule has 0 aromatic carbocycles. The highest BCUT2D eigenvalue weighted by Gasteiger charge is 1.96. The molecule has 0 spiro atoms. The Morgan fingerprint density at radius 1 is 1.50 bits per heavy atom. The Morgan fingerprint density at radius 2 is 2.12 bits per heavy atom. The van der Waals surface area contributed by atoms with Crippen molar-refractivity contribution in [1.29, 1.82) is 0 Å². The zero-order valence-electron chi connectivity index (χ0n) is 3.48. The first-order chi connectivity index (χ1) is 3.70. The second-order valence-corrected chi connectivity index (χ2v) is 7.35. The molecule has 1 heterocycles. The number of halogens is 2. The molecule has 8 heavy (non-hydrogen) atoms. The van der Waals surface area contributed by atoms with Gasteiger partial charge in [0.05, 0.1) is 6.67 Å². The third kappa shape index (κ3) is 1.73. The number of hydrogen-bond donors (Lipinski definition) is 0. The molecular formula is C3BrIS3. The van der Waals surface area contributed by atoms with Crippen LogP contribution in [-0.2, 0) is 0 Å². The predicted octanol–water partition coefficient (Wildman–Crippen LogP) is 3.91. The van der Waals surface area contributed by atoms with Crippen LogP contribution in [-0.4, -0.2) is 0 Å². The molecule has 0 saturated heterocycles. The summed E-state index contributed by atoms with van der Waals surface area (Å²) in [5, 5.41) is 0. The Kier molecular flexibility index (Phi) is 2.89. The van der Waals surface area contributed by atoms with Crippen LogP contribution in [0.1, 0.15) is 0 Å². The van der Waals surface area contributed by atoms with Crippen molar-refractivity contribution in [2.75, 3.05) is 0 Å². The molecule has 0 fully saturated rings. The van der Waals surface area contributed by atoms with Gasteiger partial charge in [-0.05, 0) is 38.5 Å². The molecule has 44 valence electrons. The fraction of sp³-hybridized carbons (Fsp3) is 0. The first-order valence-electron chi connectivity index (χ1n) is 1.65. The highest BCUT2D eigenvalue weighted by atomic mass is 127. The van der Waals surface area contributed by atoms with Crippen LogP contribution < -0.4 is 0 Å². The van der Waals surface area contributed by atoms with E-state index in [4.69, 9.17) is 12.2 Å². The summed E-state index contributed by atoms with van der Waals surface area (Å²) in [5.74, 6) is 0. The molecular weight excluding hydrogens is 339 g/mol. The van der Waals surface area contributed by atoms with E-state index in [-0.39, 0.29) is 0 Å². The Bertz CT molecular complexity index is 214. The van der Waals surface area contributed by atoms with Crippen molar-refractivity contribution in [2.24, 2.45) is 0 Å². The van der Waals surface area contributed by atoms with Crippen LogP contribution in [0.4, 0.5) is 0 Å². The van der Waals surface area contributed by atoms with E-state index in [9.17, 15) is 0 Å². The Hall–Kier alpha value is 1.48. The van der Waals surface area contributed by atoms with Crippen molar-refractivity contribution < 1.29 is 0 Å². The highest BCUT2D eigenvalue weighted by Crippen LogP contribution is 2.30. The smallest absolute Gasteiger partial charge is 0.105 e. The maximum absolute atomic E-state index is 4.92. The van der Waals surface area contributed by atoms with Crippen LogP contribution in [0.3, 0.4) is 0 Å². The summed E-state index contributed by atoms with van der Waals surface area (Å²) >= 11 is 13.8. The van der Waals surface area contributed by atoms with E-state index in [1.54, 1.807) is 22.7 Å². The highest BCUT2D eigenvalue weighted by molar-refractivity contribution is 14.1. The minimum absolute atomic E-state index is 0.987. The third-order valence-corrected chi connectivity index (χ3v) is 6.18. The lowest BCUT2D eigenvalue weighted by Gasteiger charge is -1.72. The summed E-state index contributed by atoms with van der Waals surface area (Å²) in [6.07, 6.45) is 0. The van der Waals surface area contributed by atoms with Gasteiger partial charge in [0.1, 0.15) is 3.14 Å². The van der Waals surface area contributed by atoms with Crippen LogP contribution in [0.15, 0.2) is 3.79 Å². The van der Waals surface area contributed by atoms with Gasteiger partial charge in [0.2, 0.25) is 0 Å². The molecule has 0 atom stereocenters. The first-order valence-corrected chi connectivity index (χ1v) is 5.56. The molecule has 0 aliphatic carbocycles. The van der Waals surface area contributed by atoms with Gasteiger partial charge in [0.25, 0.3) is 0 Å². The summed E-state index contributed by atoms with van der Waals surface area (Å²) in [6, 6.07) is 0. The number of hydrogen-bond acceptors (Lipinski definition) is 3. The van der Waals surface area contributed by atoms with Crippen molar-refractivity contribution in [3.8, 4) is 0 Å². The average molecular weight is 339 g/mol. The molecule has 0 radical (unpaired) electrons. The minimum Gasteiger partial charge on any atom is -0.105 e. The standard InChI is InChI=1S/C3BrIS3/c4-1-2(5)8-3(6)7-1. The molecule has 1 aromatic heterocycles. The van der Waals surface area contributed by atoms with Gasteiger partial charge in [-0.3, -0.25) is 0 Å². The van der Waals surface area contributed by atoms with Crippen molar-refractivity contribution in [1.82, 2.24) is 0 Å². The lowest BCUT2D eigenvalue weighted by Crippen LogP contribution is -1.47. The molecule has 0 bridgehead atoms. The van der Waals surface area contributed by atoms with Gasteiger partial charge in [-0.25, -0.2) is 0 Å². The second kappa shape index (κ2) is 3.05. The normalized spacial score (nSPS) is 9.75. The fourth-order valence-corrected chi connectivity index (χ4v) is 5.38. The van der Waals surface area contributed by atoms with Crippen molar-refractivity contribution in [3.05, 3.63) is 9.81 Å². The van der Waals surface area contributed by atoms with Crippen molar-refractivity contribution in [3.63, 3.8) is 0 Å². The van der Waals surface area contributed by atoms with Crippen LogP contribution in [0.5, 0.6) is 0 Å². The second-order valence-electron chi connectivity index (χ2n) is 1.00. The topological polar surface area (TPSA) is 0 Å². The van der Waals surface area contributed by atoms with Gasteiger partial charge in [-0.1, -0.05) is 12.2 Å². The Labute approximate surface area is 82.2 Å². The molecule has 0 amide bonds. The maximum Gasteiger partial charge on any atom is 0.145 e. The molecule has 1 rings (SSSR count). The summed E-state index contributed by atoms with van der Waals surface area (Å²) in [6.45, 7) is 0. The molecule has 5 heteroatoms. The monoisotopic (exact) mass is 338 g/mol. The lowest BCUT2D eigenvalue weighted by atomic mass is 11.2. The molecule has 0 saturated carbocycles. The van der Waals surface area contributed by atoms with Crippen LogP contribution >= 0.6 is 73.4 Å². The Balaban J connectivity index is 3.35. The van der Waals surface area contributed by atoms with Gasteiger partial charge < -0.3 is 0 Å². The quantitative estimate of drug-likeness (QED) is 0.510. The van der Waals surface area contributed by atoms with Gasteiger partial charge >= 0.3 is 0 Å². The zero-order valence-corrected chi connectivity index (χ0v) is 9.67. The largest absolute Gasteiger partial charge is 0.145 e. The molecule has 0 unspecified atom stereocenters. The van der Waals surface area contributed by atoms with Gasteiger partial charge in [-0.2, -0.15) is 0 Å². The number of rotatable bonds is 0. The van der Waals surface area contributed by atoms with E-state index in [1.165, 1.54) is 2.88 Å². The first kappa shape index (κ1) is 7.59. The summed E-state index contributed by atoms with van der Waals surface area (Å²) in [7, 11) is 0. The van der Waals surface area contributed by atoms with Crippen LogP contribution in [0, 0.1) is 6.02 Å². The van der Waals surface area contributed by atoms with E-state index in [0.717, 1.165) is 6.92 Å². The van der Waals surface area contributed by atoms with Gasteiger partial charge in [-0.15, -0.1) is 22.7 Å². The zero-order chi connectivity index (χ0) is 6.15. The average Bonchev–Trinajstić information content (AvgIpc) is 1.85. The molecule has 0 nitrogen and oxygen atoms in total. The molecule has 1 aromatic rings. The predicted molar refractivity (Wildman–Crippen MR) is 53.4 cm³/mol.